The summed E-state index contributed by atoms with van der Waals surface area (Å²) in [5, 5.41) is 7.40. The van der Waals surface area contributed by atoms with Crippen LogP contribution in [0.25, 0.3) is 11.0 Å². The predicted molar refractivity (Wildman–Crippen MR) is 135 cm³/mol. The minimum Gasteiger partial charge on any atom is -0.329 e. The van der Waals surface area contributed by atoms with Gasteiger partial charge in [0.15, 0.2) is 0 Å². The number of aryl methyl sites for hydroxylation is 1. The molecule has 2 N–H and O–H groups in total. The fourth-order valence-corrected chi connectivity index (χ4v) is 4.81. The van der Waals surface area contributed by atoms with Crippen molar-refractivity contribution in [2.24, 2.45) is 0 Å². The monoisotopic (exact) mass is 476 g/mol. The standard InChI is InChI=1S/C26H22Cl2N4O/c1-3-16-8-11-18(12-9-16)30-25(33)23-15(2)29-26-31-21-6-4-5-7-22(21)32(26)24(23)19-13-10-17(27)14-20(19)28/h4-14,24H,3H2,1-2H3,(H,29,31)(H,30,33)/t24-/m1/s1. The fraction of sp³-hybridized carbons (Fsp3) is 0.154. The quantitative estimate of drug-likeness (QED) is 0.339. The average molecular weight is 477 g/mol. The number of hydrogen-bond donors (Lipinski definition) is 2. The van der Waals surface area contributed by atoms with Crippen molar-refractivity contribution in [3.05, 3.63) is 99.2 Å². The molecule has 5 rings (SSSR count). The highest BCUT2D eigenvalue weighted by Crippen LogP contribution is 2.42. The Bertz CT molecular complexity index is 1410. The minimum atomic E-state index is -0.478. The minimum absolute atomic E-state index is 0.205. The number of aromatic nitrogens is 2. The van der Waals surface area contributed by atoms with Crippen LogP contribution in [0.2, 0.25) is 10.0 Å². The second kappa shape index (κ2) is 8.58. The number of fused-ring (bicyclic) bond motifs is 3. The number of anilines is 2. The smallest absolute Gasteiger partial charge is 0.255 e. The van der Waals surface area contributed by atoms with E-state index in [-0.39, 0.29) is 5.91 Å². The van der Waals surface area contributed by atoms with E-state index in [9.17, 15) is 4.79 Å². The van der Waals surface area contributed by atoms with Gasteiger partial charge >= 0.3 is 0 Å². The van der Waals surface area contributed by atoms with Gasteiger partial charge in [-0.3, -0.25) is 9.36 Å². The molecule has 0 aliphatic carbocycles. The van der Waals surface area contributed by atoms with E-state index < -0.39 is 6.04 Å². The summed E-state index contributed by atoms with van der Waals surface area (Å²) in [6.45, 7) is 3.98. The molecule has 0 unspecified atom stereocenters. The summed E-state index contributed by atoms with van der Waals surface area (Å²) >= 11 is 12.8. The average Bonchev–Trinajstić information content (AvgIpc) is 3.16. The number of carbonyl (C=O) groups excluding carboxylic acids is 1. The molecule has 0 radical (unpaired) electrons. The summed E-state index contributed by atoms with van der Waals surface area (Å²) in [6.07, 6.45) is 0.941. The lowest BCUT2D eigenvalue weighted by Crippen LogP contribution is -2.31. The second-order valence-corrected chi connectivity index (χ2v) is 8.87. The fourth-order valence-electron chi connectivity index (χ4n) is 4.30. The Morgan fingerprint density at radius 3 is 2.58 bits per heavy atom. The number of para-hydroxylation sites is 2. The van der Waals surface area contributed by atoms with E-state index in [1.165, 1.54) is 5.56 Å². The summed E-state index contributed by atoms with van der Waals surface area (Å²) in [5.74, 6) is 0.456. The van der Waals surface area contributed by atoms with E-state index in [2.05, 4.69) is 17.6 Å². The molecule has 1 aliphatic rings. The summed E-state index contributed by atoms with van der Waals surface area (Å²) in [6, 6.07) is 20.6. The summed E-state index contributed by atoms with van der Waals surface area (Å²) in [4.78, 5) is 18.4. The Morgan fingerprint density at radius 2 is 1.85 bits per heavy atom. The first-order chi connectivity index (χ1) is 16.0. The zero-order valence-electron chi connectivity index (χ0n) is 18.2. The first kappa shape index (κ1) is 21.6. The predicted octanol–water partition coefficient (Wildman–Crippen LogP) is 6.83. The van der Waals surface area contributed by atoms with Gasteiger partial charge in [-0.1, -0.05) is 60.5 Å². The first-order valence-corrected chi connectivity index (χ1v) is 11.5. The van der Waals surface area contributed by atoms with Gasteiger partial charge < -0.3 is 10.6 Å². The number of hydrogen-bond acceptors (Lipinski definition) is 3. The van der Waals surface area contributed by atoms with Crippen LogP contribution in [0.15, 0.2) is 78.0 Å². The number of nitrogens with one attached hydrogen (secondary N) is 2. The molecule has 0 saturated carbocycles. The molecule has 1 amide bonds. The Morgan fingerprint density at radius 1 is 1.09 bits per heavy atom. The highest BCUT2D eigenvalue weighted by molar-refractivity contribution is 6.35. The Balaban J connectivity index is 1.65. The second-order valence-electron chi connectivity index (χ2n) is 8.03. The van der Waals surface area contributed by atoms with Crippen molar-refractivity contribution in [3.8, 4) is 0 Å². The molecule has 1 atom stereocenters. The van der Waals surface area contributed by atoms with E-state index in [0.717, 1.165) is 34.4 Å². The molecule has 4 aromatic rings. The first-order valence-electron chi connectivity index (χ1n) is 10.8. The van der Waals surface area contributed by atoms with Crippen molar-refractivity contribution in [2.45, 2.75) is 26.3 Å². The molecule has 1 aromatic heterocycles. The van der Waals surface area contributed by atoms with Crippen molar-refractivity contribution < 1.29 is 4.79 Å². The van der Waals surface area contributed by atoms with Gasteiger partial charge in [0.25, 0.3) is 5.91 Å². The van der Waals surface area contributed by atoms with Crippen LogP contribution in [0.3, 0.4) is 0 Å². The van der Waals surface area contributed by atoms with Crippen molar-refractivity contribution >= 4 is 51.8 Å². The van der Waals surface area contributed by atoms with Crippen molar-refractivity contribution in [1.82, 2.24) is 9.55 Å². The third-order valence-corrected chi connectivity index (χ3v) is 6.51. The maximum atomic E-state index is 13.7. The van der Waals surface area contributed by atoms with Gasteiger partial charge in [0, 0.05) is 21.4 Å². The lowest BCUT2D eigenvalue weighted by Gasteiger charge is -2.31. The van der Waals surface area contributed by atoms with Crippen LogP contribution >= 0.6 is 23.2 Å². The van der Waals surface area contributed by atoms with E-state index in [4.69, 9.17) is 28.2 Å². The highest BCUT2D eigenvalue weighted by atomic mass is 35.5. The van der Waals surface area contributed by atoms with Crippen molar-refractivity contribution in [2.75, 3.05) is 10.6 Å². The molecule has 3 aromatic carbocycles. The summed E-state index contributed by atoms with van der Waals surface area (Å²) in [7, 11) is 0. The Kier molecular flexibility index (Phi) is 5.60. The summed E-state index contributed by atoms with van der Waals surface area (Å²) in [5.41, 5.74) is 5.74. The number of rotatable bonds is 4. The number of imidazole rings is 1. The van der Waals surface area contributed by atoms with Crippen LogP contribution in [-0.4, -0.2) is 15.5 Å². The molecule has 1 aliphatic heterocycles. The molecule has 33 heavy (non-hydrogen) atoms. The van der Waals surface area contributed by atoms with Crippen LogP contribution < -0.4 is 10.6 Å². The zero-order chi connectivity index (χ0) is 23.1. The van der Waals surface area contributed by atoms with Crippen molar-refractivity contribution in [1.29, 1.82) is 0 Å². The molecule has 0 saturated heterocycles. The molecular weight excluding hydrogens is 455 g/mol. The lowest BCUT2D eigenvalue weighted by atomic mass is 9.94. The molecule has 0 spiro atoms. The number of carbonyl (C=O) groups is 1. The Labute approximate surface area is 202 Å². The van der Waals surface area contributed by atoms with E-state index >= 15 is 0 Å². The van der Waals surface area contributed by atoms with Gasteiger partial charge in [0.1, 0.15) is 0 Å². The lowest BCUT2D eigenvalue weighted by molar-refractivity contribution is -0.113. The maximum absolute atomic E-state index is 13.7. The Hall–Kier alpha value is -3.28. The normalized spacial score (nSPS) is 15.3. The van der Waals surface area contributed by atoms with E-state index in [1.807, 2.05) is 66.1 Å². The van der Waals surface area contributed by atoms with Gasteiger partial charge in [-0.15, -0.1) is 0 Å². The number of halogens is 2. The molecule has 0 fully saturated rings. The highest BCUT2D eigenvalue weighted by Gasteiger charge is 2.35. The largest absolute Gasteiger partial charge is 0.329 e. The molecule has 0 bridgehead atoms. The van der Waals surface area contributed by atoms with Crippen LogP contribution in [0.5, 0.6) is 0 Å². The number of allylic oxidation sites excluding steroid dienone is 1. The van der Waals surface area contributed by atoms with Gasteiger partial charge in [0.2, 0.25) is 5.95 Å². The van der Waals surface area contributed by atoms with E-state index in [0.29, 0.717) is 21.6 Å². The third kappa shape index (κ3) is 3.88. The number of amides is 1. The molecular formula is C26H22Cl2N4O. The summed E-state index contributed by atoms with van der Waals surface area (Å²) < 4.78 is 2.02. The van der Waals surface area contributed by atoms with Gasteiger partial charge in [-0.2, -0.15) is 0 Å². The van der Waals surface area contributed by atoms with Gasteiger partial charge in [-0.25, -0.2) is 4.98 Å². The maximum Gasteiger partial charge on any atom is 0.255 e. The molecule has 166 valence electrons. The van der Waals surface area contributed by atoms with Gasteiger partial charge in [0.05, 0.1) is 22.6 Å². The number of benzene rings is 3. The van der Waals surface area contributed by atoms with Crippen molar-refractivity contribution in [3.63, 3.8) is 0 Å². The molecule has 5 nitrogen and oxygen atoms in total. The molecule has 2 heterocycles. The zero-order valence-corrected chi connectivity index (χ0v) is 19.7. The molecule has 7 heteroatoms. The SMILES string of the molecule is CCc1ccc(NC(=O)C2=C(C)Nc3nc4ccccc4n3[C@@H]2c2ccc(Cl)cc2Cl)cc1. The number of nitrogens with zero attached hydrogens (tertiary/aromatic N) is 2. The van der Waals surface area contributed by atoms with Gasteiger partial charge in [-0.05, 0) is 60.9 Å². The van der Waals surface area contributed by atoms with Crippen LogP contribution in [-0.2, 0) is 11.2 Å². The van der Waals surface area contributed by atoms with Crippen LogP contribution in [0, 0.1) is 0 Å². The van der Waals surface area contributed by atoms with E-state index in [1.54, 1.807) is 12.1 Å². The van der Waals surface area contributed by atoms with Crippen LogP contribution in [0.1, 0.15) is 31.0 Å². The third-order valence-electron chi connectivity index (χ3n) is 5.95. The topological polar surface area (TPSA) is 59.0 Å². The van der Waals surface area contributed by atoms with Crippen LogP contribution in [0.4, 0.5) is 11.6 Å².